The van der Waals surface area contributed by atoms with Crippen LogP contribution in [0.3, 0.4) is 0 Å². The highest BCUT2D eigenvalue weighted by Crippen LogP contribution is 2.36. The monoisotopic (exact) mass is 534 g/mol. The molecule has 0 unspecified atom stereocenters. The standard InChI is InChI=1S/C31H33F3N4O/c1-23-18-30(28-10-5-6-11-29(28)35-23)36-26-19-25(31(32,33)34)20-27(21-26)39-17-16-37-12-7-13-38(15-14-37)22-24-8-3-2-4-9-24/h2-6,8-11,18-21H,7,12-17,22H2,1H3,(H,35,36). The topological polar surface area (TPSA) is 40.6 Å². The van der Waals surface area contributed by atoms with E-state index in [0.717, 1.165) is 67.9 Å². The molecular weight excluding hydrogens is 501 g/mol. The fraction of sp³-hybridized carbons (Fsp3) is 0.323. The molecule has 5 nitrogen and oxygen atoms in total. The molecule has 4 aromatic rings. The number of aryl methyl sites for hydroxylation is 1. The predicted octanol–water partition coefficient (Wildman–Crippen LogP) is 6.89. The van der Waals surface area contributed by atoms with E-state index >= 15 is 0 Å². The summed E-state index contributed by atoms with van der Waals surface area (Å²) in [5, 5.41) is 4.02. The van der Waals surface area contributed by atoms with Crippen LogP contribution in [0, 0.1) is 6.92 Å². The maximum absolute atomic E-state index is 13.7. The first-order chi connectivity index (χ1) is 18.8. The molecule has 1 N–H and O–H groups in total. The van der Waals surface area contributed by atoms with Gasteiger partial charge in [0.2, 0.25) is 0 Å². The van der Waals surface area contributed by atoms with E-state index < -0.39 is 11.7 Å². The third kappa shape index (κ3) is 7.28. The SMILES string of the molecule is Cc1cc(Nc2cc(OCCN3CCCN(Cc4ccccc4)CC3)cc(C(F)(F)F)c2)c2ccccc2n1. The number of fused-ring (bicyclic) bond motifs is 1. The lowest BCUT2D eigenvalue weighted by atomic mass is 10.1. The Balaban J connectivity index is 1.24. The minimum Gasteiger partial charge on any atom is -0.492 e. The Bertz CT molecular complexity index is 1390. The van der Waals surface area contributed by atoms with Gasteiger partial charge in [0, 0.05) is 54.7 Å². The van der Waals surface area contributed by atoms with Crippen molar-refractivity contribution in [1.29, 1.82) is 0 Å². The summed E-state index contributed by atoms with van der Waals surface area (Å²) in [6.07, 6.45) is -3.44. The molecule has 0 saturated carbocycles. The predicted molar refractivity (Wildman–Crippen MR) is 149 cm³/mol. The third-order valence-electron chi connectivity index (χ3n) is 6.96. The Kier molecular flexibility index (Phi) is 8.33. The zero-order valence-corrected chi connectivity index (χ0v) is 22.0. The van der Waals surface area contributed by atoms with Gasteiger partial charge in [-0.15, -0.1) is 0 Å². The van der Waals surface area contributed by atoms with Gasteiger partial charge in [0.15, 0.2) is 0 Å². The summed E-state index contributed by atoms with van der Waals surface area (Å²) in [5.41, 5.74) is 3.14. The van der Waals surface area contributed by atoms with Crippen LogP contribution in [0.2, 0.25) is 0 Å². The van der Waals surface area contributed by atoms with Crippen LogP contribution >= 0.6 is 0 Å². The molecule has 1 fully saturated rings. The van der Waals surface area contributed by atoms with Crippen molar-refractivity contribution < 1.29 is 17.9 Å². The van der Waals surface area contributed by atoms with Gasteiger partial charge in [-0.05, 0) is 56.3 Å². The second-order valence-electron chi connectivity index (χ2n) is 10.0. The van der Waals surface area contributed by atoms with E-state index in [0.29, 0.717) is 24.5 Å². The molecule has 0 atom stereocenters. The largest absolute Gasteiger partial charge is 0.492 e. The molecule has 39 heavy (non-hydrogen) atoms. The van der Waals surface area contributed by atoms with Crippen molar-refractivity contribution in [1.82, 2.24) is 14.8 Å². The first-order valence-electron chi connectivity index (χ1n) is 13.3. The first kappa shape index (κ1) is 27.0. The van der Waals surface area contributed by atoms with Gasteiger partial charge in [-0.2, -0.15) is 13.2 Å². The maximum Gasteiger partial charge on any atom is 0.416 e. The van der Waals surface area contributed by atoms with Gasteiger partial charge in [-0.3, -0.25) is 14.8 Å². The molecule has 0 aliphatic carbocycles. The fourth-order valence-corrected chi connectivity index (χ4v) is 5.03. The highest BCUT2D eigenvalue weighted by Gasteiger charge is 2.31. The smallest absolute Gasteiger partial charge is 0.416 e. The van der Waals surface area contributed by atoms with Gasteiger partial charge < -0.3 is 10.1 Å². The summed E-state index contributed by atoms with van der Waals surface area (Å²) in [6, 6.07) is 23.7. The highest BCUT2D eigenvalue weighted by atomic mass is 19.4. The number of ether oxygens (including phenoxy) is 1. The Hall–Kier alpha value is -3.62. The van der Waals surface area contributed by atoms with Crippen molar-refractivity contribution >= 4 is 22.3 Å². The van der Waals surface area contributed by atoms with E-state index in [-0.39, 0.29) is 5.75 Å². The number of nitrogens with zero attached hydrogens (tertiary/aromatic N) is 3. The average molecular weight is 535 g/mol. The molecule has 1 aliphatic rings. The molecular formula is C31H33F3N4O. The van der Waals surface area contributed by atoms with Crippen LogP contribution in [0.1, 0.15) is 23.2 Å². The van der Waals surface area contributed by atoms with E-state index in [4.69, 9.17) is 4.74 Å². The van der Waals surface area contributed by atoms with Crippen molar-refractivity contribution in [2.24, 2.45) is 0 Å². The first-order valence-corrected chi connectivity index (χ1v) is 13.3. The lowest BCUT2D eigenvalue weighted by molar-refractivity contribution is -0.137. The number of anilines is 2. The molecule has 1 aromatic heterocycles. The maximum atomic E-state index is 13.7. The number of alkyl halides is 3. The number of para-hydroxylation sites is 1. The number of rotatable bonds is 8. The summed E-state index contributed by atoms with van der Waals surface area (Å²) < 4.78 is 47.1. The lowest BCUT2D eigenvalue weighted by Gasteiger charge is -2.22. The van der Waals surface area contributed by atoms with Crippen LogP contribution in [0.4, 0.5) is 24.5 Å². The molecule has 204 valence electrons. The molecule has 0 spiro atoms. The second kappa shape index (κ2) is 12.1. The molecule has 1 aliphatic heterocycles. The molecule has 2 heterocycles. The quantitative estimate of drug-likeness (QED) is 0.267. The molecule has 0 radical (unpaired) electrons. The minimum absolute atomic E-state index is 0.197. The lowest BCUT2D eigenvalue weighted by Crippen LogP contribution is -2.33. The molecule has 5 rings (SSSR count). The summed E-state index contributed by atoms with van der Waals surface area (Å²) in [5.74, 6) is 0.197. The van der Waals surface area contributed by atoms with Crippen LogP contribution in [0.25, 0.3) is 10.9 Å². The molecule has 0 bridgehead atoms. The Labute approximate surface area is 227 Å². The zero-order chi connectivity index (χ0) is 27.2. The van der Waals surface area contributed by atoms with Crippen LogP contribution in [-0.4, -0.2) is 54.1 Å². The number of hydrogen-bond donors (Lipinski definition) is 1. The van der Waals surface area contributed by atoms with Crippen molar-refractivity contribution in [3.63, 3.8) is 0 Å². The van der Waals surface area contributed by atoms with Gasteiger partial charge in [0.25, 0.3) is 0 Å². The van der Waals surface area contributed by atoms with Gasteiger partial charge in [0.05, 0.1) is 11.1 Å². The van der Waals surface area contributed by atoms with E-state index in [9.17, 15) is 13.2 Å². The molecule has 0 amide bonds. The van der Waals surface area contributed by atoms with Crippen LogP contribution in [0.5, 0.6) is 5.75 Å². The number of aromatic nitrogens is 1. The van der Waals surface area contributed by atoms with Gasteiger partial charge in [-0.25, -0.2) is 0 Å². The molecule has 1 saturated heterocycles. The minimum atomic E-state index is -4.49. The summed E-state index contributed by atoms with van der Waals surface area (Å²) in [4.78, 5) is 9.29. The summed E-state index contributed by atoms with van der Waals surface area (Å²) in [7, 11) is 0. The second-order valence-corrected chi connectivity index (χ2v) is 10.0. The number of halogens is 3. The number of hydrogen-bond acceptors (Lipinski definition) is 5. The summed E-state index contributed by atoms with van der Waals surface area (Å²) in [6.45, 7) is 7.59. The number of pyridine rings is 1. The van der Waals surface area contributed by atoms with Crippen molar-refractivity contribution in [3.8, 4) is 5.75 Å². The number of nitrogens with one attached hydrogen (secondary N) is 1. The van der Waals surface area contributed by atoms with E-state index in [1.807, 2.05) is 43.3 Å². The normalized spacial score (nSPS) is 15.3. The van der Waals surface area contributed by atoms with Crippen molar-refractivity contribution in [2.45, 2.75) is 26.1 Å². The van der Waals surface area contributed by atoms with Gasteiger partial charge >= 0.3 is 6.18 Å². The number of benzene rings is 3. The Morgan fingerprint density at radius 1 is 0.872 bits per heavy atom. The van der Waals surface area contributed by atoms with E-state index in [1.54, 1.807) is 6.07 Å². The average Bonchev–Trinajstić information content (AvgIpc) is 3.13. The Morgan fingerprint density at radius 2 is 1.62 bits per heavy atom. The van der Waals surface area contributed by atoms with Crippen LogP contribution < -0.4 is 10.1 Å². The summed E-state index contributed by atoms with van der Waals surface area (Å²) >= 11 is 0. The Morgan fingerprint density at radius 3 is 2.44 bits per heavy atom. The van der Waals surface area contributed by atoms with Crippen LogP contribution in [0.15, 0.2) is 78.9 Å². The van der Waals surface area contributed by atoms with Crippen molar-refractivity contribution in [3.05, 3.63) is 95.7 Å². The molecule has 3 aromatic carbocycles. The fourth-order valence-electron chi connectivity index (χ4n) is 5.03. The third-order valence-corrected chi connectivity index (χ3v) is 6.96. The van der Waals surface area contributed by atoms with E-state index in [1.165, 1.54) is 5.56 Å². The zero-order valence-electron chi connectivity index (χ0n) is 22.0. The van der Waals surface area contributed by atoms with Gasteiger partial charge in [-0.1, -0.05) is 48.5 Å². The van der Waals surface area contributed by atoms with Gasteiger partial charge in [0.1, 0.15) is 12.4 Å². The van der Waals surface area contributed by atoms with Crippen molar-refractivity contribution in [2.75, 3.05) is 44.6 Å². The highest BCUT2D eigenvalue weighted by molar-refractivity contribution is 5.93. The molecule has 8 heteroatoms. The van der Waals surface area contributed by atoms with E-state index in [2.05, 4.69) is 44.4 Å². The van der Waals surface area contributed by atoms with Crippen LogP contribution in [-0.2, 0) is 12.7 Å².